The Bertz CT molecular complexity index is 1250. The number of carbonyl (C=O) groups is 1. The van der Waals surface area contributed by atoms with Crippen LogP contribution >= 0.6 is 0 Å². The molecule has 0 saturated carbocycles. The summed E-state index contributed by atoms with van der Waals surface area (Å²) in [6.45, 7) is 0.281. The van der Waals surface area contributed by atoms with Gasteiger partial charge in [0.05, 0.1) is 7.11 Å². The van der Waals surface area contributed by atoms with Gasteiger partial charge in [-0.3, -0.25) is 4.79 Å². The summed E-state index contributed by atoms with van der Waals surface area (Å²) in [6.07, 6.45) is 1.78. The van der Waals surface area contributed by atoms with E-state index < -0.39 is 0 Å². The van der Waals surface area contributed by atoms with Crippen molar-refractivity contribution in [1.29, 1.82) is 0 Å². The molecule has 0 saturated heterocycles. The highest BCUT2D eigenvalue weighted by atomic mass is 16.7. The maximum Gasteiger partial charge on any atom is 0.274 e. The number of nitrogens with zero attached hydrogens (tertiary/aromatic N) is 3. The Balaban J connectivity index is 1.33. The molecule has 1 aliphatic rings. The number of amides is 1. The van der Waals surface area contributed by atoms with Crippen molar-refractivity contribution in [2.45, 2.75) is 6.54 Å². The van der Waals surface area contributed by atoms with Crippen LogP contribution in [0.1, 0.15) is 0 Å². The van der Waals surface area contributed by atoms with E-state index in [1.807, 2.05) is 30.3 Å². The van der Waals surface area contributed by atoms with E-state index in [1.165, 1.54) is 0 Å². The summed E-state index contributed by atoms with van der Waals surface area (Å²) in [5.74, 6) is 2.53. The van der Waals surface area contributed by atoms with Crippen molar-refractivity contribution in [1.82, 2.24) is 14.7 Å². The van der Waals surface area contributed by atoms with Gasteiger partial charge >= 0.3 is 0 Å². The van der Waals surface area contributed by atoms with Crippen LogP contribution in [0.25, 0.3) is 23.0 Å². The van der Waals surface area contributed by atoms with E-state index in [0.717, 1.165) is 5.56 Å². The summed E-state index contributed by atoms with van der Waals surface area (Å²) in [5.41, 5.74) is 2.04. The van der Waals surface area contributed by atoms with Crippen LogP contribution in [0.5, 0.6) is 17.2 Å². The SMILES string of the molecule is COc1cccc(NC(=O)Cn2cccc2-c2nc(-c3ccc4c(c3)OCO4)no2)c1. The number of benzene rings is 2. The van der Waals surface area contributed by atoms with Gasteiger partial charge < -0.3 is 28.6 Å². The second kappa shape index (κ2) is 7.86. The fourth-order valence-corrected chi connectivity index (χ4v) is 3.28. The molecule has 31 heavy (non-hydrogen) atoms. The lowest BCUT2D eigenvalue weighted by molar-refractivity contribution is -0.116. The summed E-state index contributed by atoms with van der Waals surface area (Å²) in [6, 6.07) is 16.3. The number of hydrogen-bond acceptors (Lipinski definition) is 7. The van der Waals surface area contributed by atoms with E-state index in [0.29, 0.717) is 40.3 Å². The van der Waals surface area contributed by atoms with Crippen LogP contribution in [0.15, 0.2) is 65.3 Å². The molecule has 9 heteroatoms. The quantitative estimate of drug-likeness (QED) is 0.511. The first-order chi connectivity index (χ1) is 15.2. The Labute approximate surface area is 177 Å². The molecule has 1 aliphatic heterocycles. The van der Waals surface area contributed by atoms with Crippen LogP contribution in [-0.2, 0) is 11.3 Å². The van der Waals surface area contributed by atoms with Gasteiger partial charge in [-0.2, -0.15) is 4.98 Å². The van der Waals surface area contributed by atoms with Crippen molar-refractivity contribution < 1.29 is 23.5 Å². The van der Waals surface area contributed by atoms with Gasteiger partial charge in [0.1, 0.15) is 18.0 Å². The maximum atomic E-state index is 12.5. The molecule has 0 aliphatic carbocycles. The first-order valence-corrected chi connectivity index (χ1v) is 9.53. The molecule has 1 amide bonds. The minimum Gasteiger partial charge on any atom is -0.497 e. The zero-order valence-electron chi connectivity index (χ0n) is 16.6. The van der Waals surface area contributed by atoms with Gasteiger partial charge in [-0.25, -0.2) is 0 Å². The van der Waals surface area contributed by atoms with Gasteiger partial charge in [0, 0.05) is 23.5 Å². The molecule has 156 valence electrons. The molecule has 9 nitrogen and oxygen atoms in total. The van der Waals surface area contributed by atoms with Gasteiger partial charge in [0.15, 0.2) is 11.5 Å². The van der Waals surface area contributed by atoms with Crippen LogP contribution in [0.2, 0.25) is 0 Å². The fraction of sp³-hybridized carbons (Fsp3) is 0.136. The normalized spacial score (nSPS) is 12.0. The lowest BCUT2D eigenvalue weighted by Gasteiger charge is -2.09. The average Bonchev–Trinajstić information content (AvgIpc) is 3.53. The van der Waals surface area contributed by atoms with Gasteiger partial charge in [-0.05, 0) is 42.5 Å². The van der Waals surface area contributed by atoms with Crippen LogP contribution in [0, 0.1) is 0 Å². The molecule has 1 N–H and O–H groups in total. The molecule has 0 bridgehead atoms. The third-order valence-electron chi connectivity index (χ3n) is 4.77. The number of carbonyl (C=O) groups excluding carboxylic acids is 1. The van der Waals surface area contributed by atoms with E-state index in [2.05, 4.69) is 15.5 Å². The summed E-state index contributed by atoms with van der Waals surface area (Å²) in [7, 11) is 1.58. The monoisotopic (exact) mass is 418 g/mol. The van der Waals surface area contributed by atoms with Crippen molar-refractivity contribution >= 4 is 11.6 Å². The molecule has 2 aromatic heterocycles. The van der Waals surface area contributed by atoms with E-state index in [9.17, 15) is 4.79 Å². The van der Waals surface area contributed by atoms with Gasteiger partial charge in [-0.15, -0.1) is 0 Å². The lowest BCUT2D eigenvalue weighted by Crippen LogP contribution is -2.18. The molecular weight excluding hydrogens is 400 g/mol. The van der Waals surface area contributed by atoms with Crippen molar-refractivity contribution in [3.63, 3.8) is 0 Å². The molecule has 0 radical (unpaired) electrons. The maximum absolute atomic E-state index is 12.5. The van der Waals surface area contributed by atoms with Gasteiger partial charge in [0.25, 0.3) is 5.89 Å². The van der Waals surface area contributed by atoms with Crippen molar-refractivity contribution in [2.24, 2.45) is 0 Å². The molecular formula is C22H18N4O5. The van der Waals surface area contributed by atoms with E-state index in [-0.39, 0.29) is 19.2 Å². The van der Waals surface area contributed by atoms with Crippen molar-refractivity contribution in [3.05, 3.63) is 60.8 Å². The molecule has 0 spiro atoms. The van der Waals surface area contributed by atoms with Crippen molar-refractivity contribution in [3.8, 4) is 40.2 Å². The van der Waals surface area contributed by atoms with Crippen LogP contribution in [0.3, 0.4) is 0 Å². The zero-order valence-corrected chi connectivity index (χ0v) is 16.6. The number of methoxy groups -OCH3 is 1. The predicted molar refractivity (Wildman–Crippen MR) is 111 cm³/mol. The minimum absolute atomic E-state index is 0.0846. The standard InChI is InChI=1S/C22H18N4O5/c1-28-16-5-2-4-15(11-16)23-20(27)12-26-9-3-6-17(26)22-24-21(25-31-22)14-7-8-18-19(10-14)30-13-29-18/h2-11H,12-13H2,1H3,(H,23,27). The number of fused-ring (bicyclic) bond motifs is 1. The highest BCUT2D eigenvalue weighted by Crippen LogP contribution is 2.35. The average molecular weight is 418 g/mol. The Morgan fingerprint density at radius 2 is 2.03 bits per heavy atom. The molecule has 0 atom stereocenters. The second-order valence-corrected chi connectivity index (χ2v) is 6.79. The highest BCUT2D eigenvalue weighted by molar-refractivity contribution is 5.91. The van der Waals surface area contributed by atoms with Crippen LogP contribution in [0.4, 0.5) is 5.69 Å². The topological polar surface area (TPSA) is 101 Å². The van der Waals surface area contributed by atoms with Gasteiger partial charge in [0.2, 0.25) is 18.5 Å². The highest BCUT2D eigenvalue weighted by Gasteiger charge is 2.19. The molecule has 4 aromatic rings. The van der Waals surface area contributed by atoms with E-state index in [4.69, 9.17) is 18.7 Å². The molecule has 0 fully saturated rings. The van der Waals surface area contributed by atoms with Gasteiger partial charge in [-0.1, -0.05) is 11.2 Å². The molecule has 5 rings (SSSR count). The zero-order chi connectivity index (χ0) is 21.2. The Morgan fingerprint density at radius 3 is 2.94 bits per heavy atom. The fourth-order valence-electron chi connectivity index (χ4n) is 3.28. The van der Waals surface area contributed by atoms with Crippen molar-refractivity contribution in [2.75, 3.05) is 19.2 Å². The number of hydrogen-bond donors (Lipinski definition) is 1. The predicted octanol–water partition coefficient (Wildman–Crippen LogP) is 3.58. The molecule has 3 heterocycles. The van der Waals surface area contributed by atoms with Crippen LogP contribution in [-0.4, -0.2) is 34.5 Å². The third-order valence-corrected chi connectivity index (χ3v) is 4.77. The smallest absolute Gasteiger partial charge is 0.274 e. The Morgan fingerprint density at radius 1 is 1.13 bits per heavy atom. The summed E-state index contributed by atoms with van der Waals surface area (Å²) >= 11 is 0. The number of anilines is 1. The second-order valence-electron chi connectivity index (χ2n) is 6.79. The lowest BCUT2D eigenvalue weighted by atomic mass is 10.2. The van der Waals surface area contributed by atoms with E-state index >= 15 is 0 Å². The first kappa shape index (κ1) is 18.7. The number of rotatable bonds is 6. The molecule has 0 unspecified atom stereocenters. The number of nitrogens with one attached hydrogen (secondary N) is 1. The largest absolute Gasteiger partial charge is 0.497 e. The number of aromatic nitrogens is 3. The molecule has 2 aromatic carbocycles. The van der Waals surface area contributed by atoms with Crippen LogP contribution < -0.4 is 19.5 Å². The summed E-state index contributed by atoms with van der Waals surface area (Å²) in [4.78, 5) is 17.0. The first-order valence-electron chi connectivity index (χ1n) is 9.53. The summed E-state index contributed by atoms with van der Waals surface area (Å²) in [5, 5.41) is 6.92. The Kier molecular flexibility index (Phi) is 4.75. The number of ether oxygens (including phenoxy) is 3. The minimum atomic E-state index is -0.193. The Hall–Kier alpha value is -4.27. The van der Waals surface area contributed by atoms with E-state index in [1.54, 1.807) is 42.1 Å². The summed E-state index contributed by atoms with van der Waals surface area (Å²) < 4.78 is 23.1. The third kappa shape index (κ3) is 3.80.